The van der Waals surface area contributed by atoms with E-state index in [4.69, 9.17) is 10.6 Å². The van der Waals surface area contributed by atoms with Crippen LogP contribution in [0, 0.1) is 0 Å². The van der Waals surface area contributed by atoms with E-state index in [0.717, 1.165) is 16.3 Å². The van der Waals surface area contributed by atoms with Crippen LogP contribution < -0.4 is 15.6 Å². The molecule has 1 amide bonds. The number of para-hydroxylation sites is 1. The third-order valence-electron chi connectivity index (χ3n) is 2.75. The lowest BCUT2D eigenvalue weighted by atomic mass is 10.2. The molecule has 0 radical (unpaired) electrons. The van der Waals surface area contributed by atoms with E-state index in [2.05, 4.69) is 0 Å². The Labute approximate surface area is 114 Å². The number of rotatable bonds is 3. The highest BCUT2D eigenvalue weighted by atomic mass is 32.1. The van der Waals surface area contributed by atoms with E-state index in [0.29, 0.717) is 11.4 Å². The van der Waals surface area contributed by atoms with Crippen LogP contribution in [0.4, 0.5) is 5.69 Å². The molecule has 4 nitrogen and oxygen atoms in total. The van der Waals surface area contributed by atoms with Crippen LogP contribution in [0.1, 0.15) is 14.5 Å². The number of benzene rings is 1. The van der Waals surface area contributed by atoms with Gasteiger partial charge < -0.3 is 10.6 Å². The fourth-order valence-corrected chi connectivity index (χ4v) is 2.82. The van der Waals surface area contributed by atoms with Crippen molar-refractivity contribution in [2.24, 2.45) is 5.73 Å². The van der Waals surface area contributed by atoms with Gasteiger partial charge in [-0.15, -0.1) is 11.3 Å². The van der Waals surface area contributed by atoms with Crippen molar-refractivity contribution in [3.8, 4) is 5.75 Å². The number of amides is 1. The van der Waals surface area contributed by atoms with Crippen molar-refractivity contribution < 1.29 is 9.63 Å². The fourth-order valence-electron chi connectivity index (χ4n) is 1.88. The normalized spacial score (nSPS) is 13.2. The van der Waals surface area contributed by atoms with Gasteiger partial charge in [0, 0.05) is 0 Å². The van der Waals surface area contributed by atoms with E-state index in [1.54, 1.807) is 11.1 Å². The van der Waals surface area contributed by atoms with Crippen molar-refractivity contribution in [3.63, 3.8) is 0 Å². The van der Waals surface area contributed by atoms with Gasteiger partial charge in [-0.2, -0.15) is 0 Å². The lowest BCUT2D eigenvalue weighted by molar-refractivity contribution is 0.100. The molecule has 96 valence electrons. The molecule has 3 rings (SSSR count). The van der Waals surface area contributed by atoms with Crippen molar-refractivity contribution in [2.75, 3.05) is 11.6 Å². The Balaban J connectivity index is 1.90. The summed E-state index contributed by atoms with van der Waals surface area (Å²) in [5, 5.41) is 1.76. The fraction of sp³-hybridized carbons (Fsp3) is 0.0714. The highest BCUT2D eigenvalue weighted by molar-refractivity contribution is 7.15. The maximum absolute atomic E-state index is 11.2. The van der Waals surface area contributed by atoms with Crippen LogP contribution in [0.5, 0.6) is 5.75 Å². The largest absolute Gasteiger partial charge is 0.379 e. The Morgan fingerprint density at radius 2 is 2.11 bits per heavy atom. The highest BCUT2D eigenvalue weighted by Crippen LogP contribution is 2.34. The van der Waals surface area contributed by atoms with Gasteiger partial charge in [0.1, 0.15) is 0 Å². The zero-order valence-corrected chi connectivity index (χ0v) is 10.9. The standard InChI is InChI=1S/C14H12N2O2S/c15-14(17)13-9-11-12(19-13)7-4-8-16(11)18-10-5-2-1-3-6-10/h1-7,9H,8H2,(H2,15,17). The molecule has 2 heterocycles. The summed E-state index contributed by atoms with van der Waals surface area (Å²) in [7, 11) is 0. The Bertz CT molecular complexity index is 634. The van der Waals surface area contributed by atoms with Crippen molar-refractivity contribution in [2.45, 2.75) is 0 Å². The number of fused-ring (bicyclic) bond motifs is 1. The highest BCUT2D eigenvalue weighted by Gasteiger charge is 2.20. The summed E-state index contributed by atoms with van der Waals surface area (Å²) in [6.07, 6.45) is 3.98. The van der Waals surface area contributed by atoms with E-state index < -0.39 is 5.91 Å². The molecule has 1 aromatic heterocycles. The van der Waals surface area contributed by atoms with Gasteiger partial charge in [0.05, 0.1) is 22.0 Å². The molecule has 5 heteroatoms. The van der Waals surface area contributed by atoms with Crippen molar-refractivity contribution in [1.29, 1.82) is 0 Å². The summed E-state index contributed by atoms with van der Waals surface area (Å²) in [6, 6.07) is 11.3. The van der Waals surface area contributed by atoms with Gasteiger partial charge in [-0.3, -0.25) is 4.79 Å². The Morgan fingerprint density at radius 1 is 1.32 bits per heavy atom. The molecule has 1 aliphatic heterocycles. The molecule has 0 saturated heterocycles. The monoisotopic (exact) mass is 272 g/mol. The van der Waals surface area contributed by atoms with Crippen LogP contribution in [0.3, 0.4) is 0 Å². The Morgan fingerprint density at radius 3 is 2.84 bits per heavy atom. The van der Waals surface area contributed by atoms with E-state index in [9.17, 15) is 4.79 Å². The van der Waals surface area contributed by atoms with Gasteiger partial charge in [0.15, 0.2) is 5.75 Å². The predicted octanol–water partition coefficient (Wildman–Crippen LogP) is 2.67. The van der Waals surface area contributed by atoms with E-state index in [1.165, 1.54) is 11.3 Å². The van der Waals surface area contributed by atoms with E-state index >= 15 is 0 Å². The van der Waals surface area contributed by atoms with Crippen LogP contribution in [-0.2, 0) is 0 Å². The Hall–Kier alpha value is -2.27. The quantitative estimate of drug-likeness (QED) is 0.934. The number of thiophene rings is 1. The topological polar surface area (TPSA) is 55.6 Å². The number of anilines is 1. The molecule has 1 aliphatic rings. The summed E-state index contributed by atoms with van der Waals surface area (Å²) >= 11 is 1.37. The molecule has 0 saturated carbocycles. The van der Waals surface area contributed by atoms with Crippen LogP contribution in [-0.4, -0.2) is 12.5 Å². The van der Waals surface area contributed by atoms with Gasteiger partial charge in [-0.1, -0.05) is 24.3 Å². The summed E-state index contributed by atoms with van der Waals surface area (Å²) in [6.45, 7) is 0.636. The summed E-state index contributed by atoms with van der Waals surface area (Å²) in [5.74, 6) is 0.350. The SMILES string of the molecule is NC(=O)c1cc2c(s1)C=CCN2Oc1ccccc1. The van der Waals surface area contributed by atoms with Crippen LogP contribution in [0.2, 0.25) is 0 Å². The minimum Gasteiger partial charge on any atom is -0.379 e. The van der Waals surface area contributed by atoms with Gasteiger partial charge in [-0.25, -0.2) is 5.06 Å². The third-order valence-corrected chi connectivity index (χ3v) is 3.86. The molecule has 0 atom stereocenters. The minimum absolute atomic E-state index is 0.410. The second kappa shape index (κ2) is 4.78. The molecule has 0 spiro atoms. The van der Waals surface area contributed by atoms with E-state index in [1.807, 2.05) is 42.5 Å². The lowest BCUT2D eigenvalue weighted by Crippen LogP contribution is -2.28. The van der Waals surface area contributed by atoms with Crippen molar-refractivity contribution >= 4 is 29.0 Å². The van der Waals surface area contributed by atoms with E-state index in [-0.39, 0.29) is 0 Å². The Kier molecular flexibility index (Phi) is 2.97. The molecule has 2 N–H and O–H groups in total. The summed E-state index contributed by atoms with van der Waals surface area (Å²) in [5.41, 5.74) is 6.19. The number of primary amides is 1. The van der Waals surface area contributed by atoms with Gasteiger partial charge in [-0.05, 0) is 24.3 Å². The molecular formula is C14H12N2O2S. The maximum atomic E-state index is 11.2. The lowest BCUT2D eigenvalue weighted by Gasteiger charge is -2.25. The number of nitrogens with zero attached hydrogens (tertiary/aromatic N) is 1. The minimum atomic E-state index is -0.410. The molecule has 19 heavy (non-hydrogen) atoms. The zero-order chi connectivity index (χ0) is 13.2. The number of carbonyl (C=O) groups is 1. The number of carbonyl (C=O) groups excluding carboxylic acids is 1. The number of nitrogens with two attached hydrogens (primary N) is 1. The van der Waals surface area contributed by atoms with Gasteiger partial charge in [0.2, 0.25) is 0 Å². The van der Waals surface area contributed by atoms with Crippen LogP contribution in [0.25, 0.3) is 6.08 Å². The molecule has 0 fully saturated rings. The van der Waals surface area contributed by atoms with Crippen LogP contribution >= 0.6 is 11.3 Å². The average molecular weight is 272 g/mol. The van der Waals surface area contributed by atoms with Crippen molar-refractivity contribution in [1.82, 2.24) is 0 Å². The first-order valence-electron chi connectivity index (χ1n) is 5.85. The zero-order valence-electron chi connectivity index (χ0n) is 10.1. The second-order valence-electron chi connectivity index (χ2n) is 4.09. The number of hydroxylamine groups is 1. The summed E-state index contributed by atoms with van der Waals surface area (Å²) in [4.78, 5) is 18.6. The van der Waals surface area contributed by atoms with Gasteiger partial charge in [0.25, 0.3) is 5.91 Å². The molecule has 2 aromatic rings. The molecule has 0 bridgehead atoms. The van der Waals surface area contributed by atoms with Crippen molar-refractivity contribution in [3.05, 3.63) is 52.2 Å². The molecule has 1 aromatic carbocycles. The maximum Gasteiger partial charge on any atom is 0.258 e. The molecular weight excluding hydrogens is 260 g/mol. The first-order valence-corrected chi connectivity index (χ1v) is 6.66. The number of hydrogen-bond acceptors (Lipinski definition) is 4. The van der Waals surface area contributed by atoms with Gasteiger partial charge >= 0.3 is 0 Å². The summed E-state index contributed by atoms with van der Waals surface area (Å²) < 4.78 is 0. The molecule has 0 unspecified atom stereocenters. The number of hydrogen-bond donors (Lipinski definition) is 1. The average Bonchev–Trinajstić information content (AvgIpc) is 2.85. The predicted molar refractivity (Wildman–Crippen MR) is 76.3 cm³/mol. The second-order valence-corrected chi connectivity index (χ2v) is 5.18. The van der Waals surface area contributed by atoms with Crippen LogP contribution in [0.15, 0.2) is 42.5 Å². The smallest absolute Gasteiger partial charge is 0.258 e. The first kappa shape index (κ1) is 11.8. The third kappa shape index (κ3) is 2.32. The first-order chi connectivity index (χ1) is 9.24. The molecule has 0 aliphatic carbocycles.